The van der Waals surface area contributed by atoms with E-state index in [0.29, 0.717) is 20.9 Å². The van der Waals surface area contributed by atoms with E-state index in [2.05, 4.69) is 15.5 Å². The van der Waals surface area contributed by atoms with Crippen LogP contribution in [-0.4, -0.2) is 22.2 Å². The van der Waals surface area contributed by atoms with E-state index < -0.39 is 6.10 Å². The average molecular weight is 332 g/mol. The fourth-order valence-electron chi connectivity index (χ4n) is 1.36. The minimum Gasteiger partial charge on any atom is -0.481 e. The topological polar surface area (TPSA) is 64.1 Å². The van der Waals surface area contributed by atoms with E-state index in [-0.39, 0.29) is 5.91 Å². The van der Waals surface area contributed by atoms with Gasteiger partial charge in [-0.15, -0.1) is 10.2 Å². The second-order valence-corrected chi connectivity index (χ2v) is 5.95. The van der Waals surface area contributed by atoms with Crippen molar-refractivity contribution in [1.29, 1.82) is 0 Å². The van der Waals surface area contributed by atoms with E-state index in [1.807, 2.05) is 6.92 Å². The summed E-state index contributed by atoms with van der Waals surface area (Å²) in [4.78, 5) is 11.9. The molecule has 0 aliphatic carbocycles. The van der Waals surface area contributed by atoms with Crippen LogP contribution < -0.4 is 10.1 Å². The summed E-state index contributed by atoms with van der Waals surface area (Å²) in [5.74, 6) is 0.155. The minimum absolute atomic E-state index is 0.313. The van der Waals surface area contributed by atoms with Crippen molar-refractivity contribution in [3.8, 4) is 5.75 Å². The summed E-state index contributed by atoms with van der Waals surface area (Å²) in [6.45, 7) is 3.44. The molecule has 1 atom stereocenters. The second kappa shape index (κ2) is 6.39. The minimum atomic E-state index is -0.698. The van der Waals surface area contributed by atoms with Crippen LogP contribution in [0.3, 0.4) is 0 Å². The molecule has 0 bridgehead atoms. The van der Waals surface area contributed by atoms with E-state index >= 15 is 0 Å². The number of carbonyl (C=O) groups is 1. The van der Waals surface area contributed by atoms with Gasteiger partial charge in [0.1, 0.15) is 10.8 Å². The Morgan fingerprint density at radius 1 is 1.35 bits per heavy atom. The highest BCUT2D eigenvalue weighted by Gasteiger charge is 2.17. The first-order valence-corrected chi connectivity index (χ1v) is 7.25. The number of halogens is 2. The fourth-order valence-corrected chi connectivity index (χ4v) is 2.24. The number of aryl methyl sites for hydroxylation is 1. The predicted octanol–water partition coefficient (Wildman–Crippen LogP) is 3.56. The molecule has 20 heavy (non-hydrogen) atoms. The number of carbonyl (C=O) groups excluding carboxylic acids is 1. The van der Waals surface area contributed by atoms with Gasteiger partial charge in [-0.25, -0.2) is 0 Å². The number of nitrogens with zero attached hydrogens (tertiary/aromatic N) is 2. The third kappa shape index (κ3) is 3.82. The van der Waals surface area contributed by atoms with Crippen molar-refractivity contribution < 1.29 is 9.53 Å². The monoisotopic (exact) mass is 331 g/mol. The number of hydrogen-bond donors (Lipinski definition) is 1. The number of ether oxygens (including phenoxy) is 1. The van der Waals surface area contributed by atoms with Gasteiger partial charge in [0, 0.05) is 6.07 Å². The maximum Gasteiger partial charge on any atom is 0.266 e. The number of amides is 1. The Labute approximate surface area is 129 Å². The molecule has 8 heteroatoms. The number of benzene rings is 1. The Bertz CT molecular complexity index is 633. The first-order valence-electron chi connectivity index (χ1n) is 5.68. The molecular weight excluding hydrogens is 321 g/mol. The molecule has 2 rings (SSSR count). The number of aromatic nitrogens is 2. The molecule has 2 aromatic rings. The fraction of sp³-hybridized carbons (Fsp3) is 0.250. The van der Waals surface area contributed by atoms with Crippen LogP contribution in [0.4, 0.5) is 5.13 Å². The van der Waals surface area contributed by atoms with Gasteiger partial charge in [0.15, 0.2) is 6.10 Å². The van der Waals surface area contributed by atoms with Crippen molar-refractivity contribution in [1.82, 2.24) is 10.2 Å². The summed E-state index contributed by atoms with van der Waals surface area (Å²) in [5.41, 5.74) is 0. The summed E-state index contributed by atoms with van der Waals surface area (Å²) in [6.07, 6.45) is -0.698. The molecule has 1 unspecified atom stereocenters. The summed E-state index contributed by atoms with van der Waals surface area (Å²) in [5, 5.41) is 12.3. The third-order valence-corrected chi connectivity index (χ3v) is 3.82. The molecule has 0 spiro atoms. The van der Waals surface area contributed by atoms with Gasteiger partial charge in [-0.1, -0.05) is 34.5 Å². The van der Waals surface area contributed by atoms with Crippen LogP contribution in [0, 0.1) is 6.92 Å². The smallest absolute Gasteiger partial charge is 0.266 e. The van der Waals surface area contributed by atoms with Crippen molar-refractivity contribution in [3.63, 3.8) is 0 Å². The van der Waals surface area contributed by atoms with Crippen molar-refractivity contribution >= 4 is 45.6 Å². The largest absolute Gasteiger partial charge is 0.481 e. The average Bonchev–Trinajstić information content (AvgIpc) is 2.79. The number of nitrogens with one attached hydrogen (secondary N) is 1. The zero-order valence-electron chi connectivity index (χ0n) is 10.7. The molecule has 0 saturated carbocycles. The molecule has 5 nitrogen and oxygen atoms in total. The summed E-state index contributed by atoms with van der Waals surface area (Å²) in [6, 6.07) is 4.81. The van der Waals surface area contributed by atoms with Gasteiger partial charge in [-0.2, -0.15) is 0 Å². The number of anilines is 1. The molecule has 1 aromatic carbocycles. The Morgan fingerprint density at radius 3 is 2.70 bits per heavy atom. The lowest BCUT2D eigenvalue weighted by molar-refractivity contribution is -0.122. The van der Waals surface area contributed by atoms with Gasteiger partial charge < -0.3 is 4.74 Å². The molecule has 1 heterocycles. The van der Waals surface area contributed by atoms with Gasteiger partial charge >= 0.3 is 0 Å². The van der Waals surface area contributed by atoms with Gasteiger partial charge in [-0.3, -0.25) is 10.1 Å². The molecule has 1 amide bonds. The van der Waals surface area contributed by atoms with E-state index in [1.54, 1.807) is 25.1 Å². The lowest BCUT2D eigenvalue weighted by Gasteiger charge is -2.13. The first-order chi connectivity index (χ1) is 9.45. The summed E-state index contributed by atoms with van der Waals surface area (Å²) in [7, 11) is 0. The molecule has 106 valence electrons. The molecule has 0 saturated heterocycles. The van der Waals surface area contributed by atoms with Crippen molar-refractivity contribution in [2.75, 3.05) is 5.32 Å². The Kier molecular flexibility index (Phi) is 4.80. The maximum atomic E-state index is 11.9. The summed E-state index contributed by atoms with van der Waals surface area (Å²) >= 11 is 13.0. The number of rotatable bonds is 4. The second-order valence-electron chi connectivity index (χ2n) is 3.95. The van der Waals surface area contributed by atoms with Crippen LogP contribution >= 0.6 is 34.5 Å². The molecule has 1 N–H and O–H groups in total. The Hall–Kier alpha value is -1.37. The Morgan fingerprint density at radius 2 is 2.10 bits per heavy atom. The van der Waals surface area contributed by atoms with Gasteiger partial charge in [-0.05, 0) is 26.0 Å². The third-order valence-electron chi connectivity index (χ3n) is 2.33. The molecule has 0 fully saturated rings. The lowest BCUT2D eigenvalue weighted by atomic mass is 10.3. The summed E-state index contributed by atoms with van der Waals surface area (Å²) < 4.78 is 5.49. The zero-order chi connectivity index (χ0) is 14.7. The van der Waals surface area contributed by atoms with Crippen LogP contribution in [0.25, 0.3) is 0 Å². The molecule has 0 radical (unpaired) electrons. The first kappa shape index (κ1) is 15.0. The highest BCUT2D eigenvalue weighted by Crippen LogP contribution is 2.27. The van der Waals surface area contributed by atoms with Gasteiger partial charge in [0.25, 0.3) is 5.91 Å². The van der Waals surface area contributed by atoms with Crippen LogP contribution in [0.1, 0.15) is 11.9 Å². The Balaban J connectivity index is 1.98. The van der Waals surface area contributed by atoms with E-state index in [1.165, 1.54) is 11.3 Å². The maximum absolute atomic E-state index is 11.9. The van der Waals surface area contributed by atoms with Crippen molar-refractivity contribution in [2.45, 2.75) is 20.0 Å². The highest BCUT2D eigenvalue weighted by molar-refractivity contribution is 7.15. The number of hydrogen-bond acceptors (Lipinski definition) is 5. The zero-order valence-corrected chi connectivity index (χ0v) is 13.0. The van der Waals surface area contributed by atoms with E-state index in [4.69, 9.17) is 27.9 Å². The van der Waals surface area contributed by atoms with Crippen LogP contribution in [-0.2, 0) is 4.79 Å². The van der Waals surface area contributed by atoms with Crippen LogP contribution in [0.15, 0.2) is 18.2 Å². The molecule has 0 aliphatic heterocycles. The molecule has 0 aliphatic rings. The lowest BCUT2D eigenvalue weighted by Crippen LogP contribution is -2.30. The normalized spacial score (nSPS) is 12.0. The van der Waals surface area contributed by atoms with Crippen LogP contribution in [0.2, 0.25) is 10.0 Å². The van der Waals surface area contributed by atoms with Crippen molar-refractivity contribution in [2.24, 2.45) is 0 Å². The van der Waals surface area contributed by atoms with Crippen LogP contribution in [0.5, 0.6) is 5.75 Å². The SMILES string of the molecule is Cc1nnc(NC(=O)C(C)Oc2ccc(Cl)c(Cl)c2)s1. The predicted molar refractivity (Wildman–Crippen MR) is 79.8 cm³/mol. The molecule has 1 aromatic heterocycles. The standard InChI is InChI=1S/C12H11Cl2N3O2S/c1-6(11(18)15-12-17-16-7(2)20-12)19-8-3-4-9(13)10(14)5-8/h3-6H,1-2H3,(H,15,17,18). The highest BCUT2D eigenvalue weighted by atomic mass is 35.5. The van der Waals surface area contributed by atoms with E-state index in [9.17, 15) is 4.79 Å². The quantitative estimate of drug-likeness (QED) is 0.930. The van der Waals surface area contributed by atoms with Crippen molar-refractivity contribution in [3.05, 3.63) is 33.3 Å². The van der Waals surface area contributed by atoms with Gasteiger partial charge in [0.05, 0.1) is 10.0 Å². The molecular formula is C12H11Cl2N3O2S. The van der Waals surface area contributed by atoms with Gasteiger partial charge in [0.2, 0.25) is 5.13 Å². The van der Waals surface area contributed by atoms with E-state index in [0.717, 1.165) is 5.01 Å².